The van der Waals surface area contributed by atoms with Crippen molar-refractivity contribution in [3.8, 4) is 0 Å². The molecule has 136 valence electrons. The molecular formula is C18H24Cl2N4O. The minimum absolute atomic E-state index is 0. The molecule has 2 aromatic rings. The molecule has 2 saturated carbocycles. The number of anilines is 1. The molecule has 0 spiro atoms. The van der Waals surface area contributed by atoms with E-state index >= 15 is 0 Å². The quantitative estimate of drug-likeness (QED) is 0.804. The molecule has 7 heteroatoms. The van der Waals surface area contributed by atoms with Crippen LogP contribution >= 0.6 is 24.8 Å². The van der Waals surface area contributed by atoms with Crippen LogP contribution < -0.4 is 10.6 Å². The van der Waals surface area contributed by atoms with Crippen LogP contribution in [0.15, 0.2) is 36.7 Å². The molecule has 1 heterocycles. The maximum atomic E-state index is 12.2. The fourth-order valence-corrected chi connectivity index (χ4v) is 3.00. The molecule has 5 nitrogen and oxygen atoms in total. The van der Waals surface area contributed by atoms with Gasteiger partial charge in [-0.3, -0.25) is 9.48 Å². The largest absolute Gasteiger partial charge is 0.319 e. The van der Waals surface area contributed by atoms with Crippen LogP contribution in [-0.2, 0) is 7.05 Å². The molecule has 1 aromatic carbocycles. The first-order valence-electron chi connectivity index (χ1n) is 8.32. The van der Waals surface area contributed by atoms with Crippen molar-refractivity contribution in [2.45, 2.75) is 31.2 Å². The van der Waals surface area contributed by atoms with E-state index in [9.17, 15) is 4.79 Å². The van der Waals surface area contributed by atoms with Gasteiger partial charge in [-0.2, -0.15) is 5.10 Å². The summed E-state index contributed by atoms with van der Waals surface area (Å²) in [5.41, 5.74) is 2.73. The summed E-state index contributed by atoms with van der Waals surface area (Å²) in [7, 11) is 1.83. The molecule has 25 heavy (non-hydrogen) atoms. The molecule has 4 rings (SSSR count). The lowest BCUT2D eigenvalue weighted by Crippen LogP contribution is -2.20. The van der Waals surface area contributed by atoms with E-state index in [1.54, 1.807) is 17.1 Å². The monoisotopic (exact) mass is 382 g/mol. The maximum absolute atomic E-state index is 12.2. The molecular weight excluding hydrogens is 359 g/mol. The lowest BCUT2D eigenvalue weighted by Gasteiger charge is -2.05. The minimum Gasteiger partial charge on any atom is -0.319 e. The standard InChI is InChI=1S/C18H22N4O.2ClH/c1-22-11-15(10-20-22)21-18(23)14-6-4-13(5-7-14)16-8-17(16)19-9-12-2-3-12;;/h4-7,10-12,16-17,19H,2-3,8-9H2,1H3,(H,21,23);2*1H/t16-,17+;;/m0../s1. The molecule has 0 radical (unpaired) electrons. The number of carbonyl (C=O) groups is 1. The van der Waals surface area contributed by atoms with E-state index in [-0.39, 0.29) is 30.7 Å². The summed E-state index contributed by atoms with van der Waals surface area (Å²) in [6, 6.07) is 8.63. The Morgan fingerprint density at radius 3 is 2.56 bits per heavy atom. The highest BCUT2D eigenvalue weighted by Gasteiger charge is 2.38. The summed E-state index contributed by atoms with van der Waals surface area (Å²) < 4.78 is 1.67. The number of nitrogens with zero attached hydrogens (tertiary/aromatic N) is 2. The maximum Gasteiger partial charge on any atom is 0.255 e. The van der Waals surface area contributed by atoms with Crippen LogP contribution in [-0.4, -0.2) is 28.3 Å². The number of aromatic nitrogens is 2. The Labute approximate surface area is 160 Å². The predicted octanol–water partition coefficient (Wildman–Crippen LogP) is 3.37. The van der Waals surface area contributed by atoms with Crippen molar-refractivity contribution in [1.29, 1.82) is 0 Å². The van der Waals surface area contributed by atoms with Gasteiger partial charge in [0.2, 0.25) is 0 Å². The highest BCUT2D eigenvalue weighted by Crippen LogP contribution is 2.41. The molecule has 2 aliphatic carbocycles. The topological polar surface area (TPSA) is 59.0 Å². The number of hydrogen-bond acceptors (Lipinski definition) is 3. The second-order valence-corrected chi connectivity index (χ2v) is 6.78. The Morgan fingerprint density at radius 1 is 1.24 bits per heavy atom. The van der Waals surface area contributed by atoms with Gasteiger partial charge >= 0.3 is 0 Å². The lowest BCUT2D eigenvalue weighted by atomic mass is 10.1. The van der Waals surface area contributed by atoms with Gasteiger partial charge in [-0.25, -0.2) is 0 Å². The van der Waals surface area contributed by atoms with Crippen molar-refractivity contribution < 1.29 is 4.79 Å². The average molecular weight is 383 g/mol. The van der Waals surface area contributed by atoms with E-state index < -0.39 is 0 Å². The Morgan fingerprint density at radius 2 is 1.96 bits per heavy atom. The third-order valence-electron chi connectivity index (χ3n) is 4.72. The van der Waals surface area contributed by atoms with E-state index in [1.165, 1.54) is 31.4 Å². The number of rotatable bonds is 6. The van der Waals surface area contributed by atoms with Gasteiger partial charge in [0.15, 0.2) is 0 Å². The Kier molecular flexibility index (Phi) is 6.49. The van der Waals surface area contributed by atoms with Gasteiger partial charge in [0, 0.05) is 30.8 Å². The van der Waals surface area contributed by atoms with Crippen LogP contribution in [0.2, 0.25) is 0 Å². The van der Waals surface area contributed by atoms with Gasteiger partial charge in [0.05, 0.1) is 11.9 Å². The van der Waals surface area contributed by atoms with E-state index in [0.29, 0.717) is 23.2 Å². The SMILES string of the molecule is Cl.Cl.Cn1cc(NC(=O)c2ccc([C@@H]3C[C@H]3NCC3CC3)cc2)cn1. The number of benzene rings is 1. The number of hydrogen-bond donors (Lipinski definition) is 2. The minimum atomic E-state index is -0.0937. The molecule has 2 atom stereocenters. The molecule has 0 unspecified atom stereocenters. The van der Waals surface area contributed by atoms with Crippen LogP contribution in [0.1, 0.15) is 41.1 Å². The summed E-state index contributed by atoms with van der Waals surface area (Å²) >= 11 is 0. The molecule has 0 saturated heterocycles. The third-order valence-corrected chi connectivity index (χ3v) is 4.72. The Bertz CT molecular complexity index is 712. The molecule has 2 aliphatic rings. The molecule has 0 aliphatic heterocycles. The zero-order valence-corrected chi connectivity index (χ0v) is 15.8. The first kappa shape index (κ1) is 19.8. The zero-order chi connectivity index (χ0) is 15.8. The van der Waals surface area contributed by atoms with Gasteiger partial charge in [0.1, 0.15) is 0 Å². The molecule has 1 amide bonds. The summed E-state index contributed by atoms with van der Waals surface area (Å²) in [6.07, 6.45) is 7.43. The van der Waals surface area contributed by atoms with Crippen LogP contribution in [0.3, 0.4) is 0 Å². The second-order valence-electron chi connectivity index (χ2n) is 6.78. The van der Waals surface area contributed by atoms with Gasteiger partial charge < -0.3 is 10.6 Å². The van der Waals surface area contributed by atoms with Crippen molar-refractivity contribution in [2.75, 3.05) is 11.9 Å². The molecule has 2 N–H and O–H groups in total. The highest BCUT2D eigenvalue weighted by atomic mass is 35.5. The average Bonchev–Trinajstić information content (AvgIpc) is 3.46. The molecule has 2 fully saturated rings. The summed E-state index contributed by atoms with van der Waals surface area (Å²) in [6.45, 7) is 1.17. The van der Waals surface area contributed by atoms with Crippen molar-refractivity contribution in [3.63, 3.8) is 0 Å². The molecule has 0 bridgehead atoms. The van der Waals surface area contributed by atoms with Gasteiger partial charge in [0.25, 0.3) is 5.91 Å². The normalized spacial score (nSPS) is 21.0. The van der Waals surface area contributed by atoms with Crippen molar-refractivity contribution in [3.05, 3.63) is 47.8 Å². The third kappa shape index (κ3) is 4.97. The number of amides is 1. The van der Waals surface area contributed by atoms with Crippen LogP contribution in [0.4, 0.5) is 5.69 Å². The van der Waals surface area contributed by atoms with E-state index in [0.717, 1.165) is 5.92 Å². The second kappa shape index (κ2) is 8.21. The van der Waals surface area contributed by atoms with Crippen LogP contribution in [0, 0.1) is 5.92 Å². The van der Waals surface area contributed by atoms with Crippen molar-refractivity contribution in [2.24, 2.45) is 13.0 Å². The summed E-state index contributed by atoms with van der Waals surface area (Å²) in [5.74, 6) is 1.45. The first-order valence-corrected chi connectivity index (χ1v) is 8.32. The predicted molar refractivity (Wildman–Crippen MR) is 104 cm³/mol. The summed E-state index contributed by atoms with van der Waals surface area (Å²) in [5, 5.41) is 10.6. The van der Waals surface area contributed by atoms with Crippen LogP contribution in [0.25, 0.3) is 0 Å². The Hall–Kier alpha value is -1.56. The number of aryl methyl sites for hydroxylation is 1. The van der Waals surface area contributed by atoms with Crippen molar-refractivity contribution >= 4 is 36.4 Å². The van der Waals surface area contributed by atoms with E-state index in [4.69, 9.17) is 0 Å². The van der Waals surface area contributed by atoms with Crippen LogP contribution in [0.5, 0.6) is 0 Å². The summed E-state index contributed by atoms with van der Waals surface area (Å²) in [4.78, 5) is 12.2. The fraction of sp³-hybridized carbons (Fsp3) is 0.444. The van der Waals surface area contributed by atoms with Crippen molar-refractivity contribution in [1.82, 2.24) is 15.1 Å². The lowest BCUT2D eigenvalue weighted by molar-refractivity contribution is 0.102. The smallest absolute Gasteiger partial charge is 0.255 e. The van der Waals surface area contributed by atoms with Gasteiger partial charge in [-0.1, -0.05) is 12.1 Å². The van der Waals surface area contributed by atoms with E-state index in [1.807, 2.05) is 19.2 Å². The number of halogens is 2. The van der Waals surface area contributed by atoms with Gasteiger partial charge in [-0.15, -0.1) is 24.8 Å². The zero-order valence-electron chi connectivity index (χ0n) is 14.1. The first-order chi connectivity index (χ1) is 11.2. The van der Waals surface area contributed by atoms with E-state index in [2.05, 4.69) is 27.9 Å². The number of nitrogens with one attached hydrogen (secondary N) is 2. The Balaban J connectivity index is 0.00000113. The van der Waals surface area contributed by atoms with Gasteiger partial charge in [-0.05, 0) is 49.4 Å². The molecule has 1 aromatic heterocycles. The fourth-order valence-electron chi connectivity index (χ4n) is 3.00. The number of carbonyl (C=O) groups excluding carboxylic acids is 1. The highest BCUT2D eigenvalue weighted by molar-refractivity contribution is 6.04.